The maximum absolute atomic E-state index is 5.76. The summed E-state index contributed by atoms with van der Waals surface area (Å²) < 4.78 is 0. The summed E-state index contributed by atoms with van der Waals surface area (Å²) in [6, 6.07) is 0. The van der Waals surface area contributed by atoms with Crippen molar-refractivity contribution < 1.29 is 0 Å². The molecule has 4 N–H and O–H groups in total. The molecule has 0 aromatic carbocycles. The van der Waals surface area contributed by atoms with E-state index in [2.05, 4.69) is 20.8 Å². The molecule has 0 aliphatic rings. The predicted molar refractivity (Wildman–Crippen MR) is 52.3 cm³/mol. The first kappa shape index (κ1) is 11.0. The molecule has 0 fully saturated rings. The minimum atomic E-state index is -0.155. The van der Waals surface area contributed by atoms with E-state index >= 15 is 0 Å². The highest BCUT2D eigenvalue weighted by atomic mass is 14.7. The fourth-order valence-electron chi connectivity index (χ4n) is 1.74. The van der Waals surface area contributed by atoms with E-state index in [0.29, 0.717) is 0 Å². The third kappa shape index (κ3) is 2.49. The molecule has 0 rings (SSSR count). The second kappa shape index (κ2) is 4.78. The summed E-state index contributed by atoms with van der Waals surface area (Å²) in [4.78, 5) is 0. The van der Waals surface area contributed by atoms with Crippen molar-refractivity contribution in [2.45, 2.75) is 51.8 Å². The van der Waals surface area contributed by atoms with Gasteiger partial charge in [-0.25, -0.2) is 0 Å². The van der Waals surface area contributed by atoms with Crippen LogP contribution >= 0.6 is 0 Å². The molecule has 2 nitrogen and oxygen atoms in total. The number of nitrogens with two attached hydrogens (primary N) is 2. The summed E-state index contributed by atoms with van der Waals surface area (Å²) in [7, 11) is 0. The smallest absolute Gasteiger partial charge is 0.306 e. The van der Waals surface area contributed by atoms with Crippen LogP contribution in [0.15, 0.2) is 0 Å². The molecule has 0 aromatic rings. The standard InChI is InChI=1S/C8H21BN2/c1-4-7-8(5-2,6-3)9(10)11/h4-7,10-11H2,1-3H3. The molecule has 0 heterocycles. The molecule has 0 aromatic heterocycles. The van der Waals surface area contributed by atoms with Gasteiger partial charge >= 0.3 is 6.98 Å². The minimum absolute atomic E-state index is 0.155. The Morgan fingerprint density at radius 2 is 1.55 bits per heavy atom. The average Bonchev–Trinajstić information content (AvgIpc) is 2.00. The highest BCUT2D eigenvalue weighted by molar-refractivity contribution is 6.55. The molecule has 0 atom stereocenters. The Balaban J connectivity index is 4.20. The maximum Gasteiger partial charge on any atom is 0.306 e. The molecule has 0 saturated heterocycles. The van der Waals surface area contributed by atoms with Crippen molar-refractivity contribution in [2.24, 2.45) is 11.3 Å². The summed E-state index contributed by atoms with van der Waals surface area (Å²) >= 11 is 0. The Labute approximate surface area is 70.8 Å². The first-order valence-corrected chi connectivity index (χ1v) is 4.64. The summed E-state index contributed by atoms with van der Waals surface area (Å²) in [6.07, 6.45) is 4.51. The molecular formula is C8H21BN2. The number of rotatable bonds is 5. The van der Waals surface area contributed by atoms with Gasteiger partial charge in [0.25, 0.3) is 0 Å². The molecular weight excluding hydrogens is 135 g/mol. The summed E-state index contributed by atoms with van der Waals surface area (Å²) in [5.74, 6) is 0. The molecule has 0 aliphatic heterocycles. The van der Waals surface area contributed by atoms with Gasteiger partial charge in [0.15, 0.2) is 0 Å². The van der Waals surface area contributed by atoms with Crippen LogP contribution in [0.1, 0.15) is 46.5 Å². The first-order chi connectivity index (χ1) is 5.13. The quantitative estimate of drug-likeness (QED) is 0.595. The average molecular weight is 156 g/mol. The summed E-state index contributed by atoms with van der Waals surface area (Å²) in [5, 5.41) is 0.189. The predicted octanol–water partition coefficient (Wildman–Crippen LogP) is 1.75. The van der Waals surface area contributed by atoms with E-state index in [9.17, 15) is 0 Å². The van der Waals surface area contributed by atoms with Crippen LogP contribution in [-0.4, -0.2) is 6.98 Å². The van der Waals surface area contributed by atoms with E-state index in [1.165, 1.54) is 6.42 Å². The van der Waals surface area contributed by atoms with E-state index in [1.807, 2.05) is 0 Å². The lowest BCUT2D eigenvalue weighted by molar-refractivity contribution is 0.458. The lowest BCUT2D eigenvalue weighted by atomic mass is 9.48. The maximum atomic E-state index is 5.76. The Morgan fingerprint density at radius 3 is 1.64 bits per heavy atom. The van der Waals surface area contributed by atoms with Crippen molar-refractivity contribution in [2.75, 3.05) is 0 Å². The summed E-state index contributed by atoms with van der Waals surface area (Å²) in [6.45, 7) is 6.37. The van der Waals surface area contributed by atoms with E-state index in [-0.39, 0.29) is 12.3 Å². The fourth-order valence-corrected chi connectivity index (χ4v) is 1.74. The van der Waals surface area contributed by atoms with Crippen LogP contribution in [0.25, 0.3) is 0 Å². The third-order valence-electron chi connectivity index (χ3n) is 2.86. The van der Waals surface area contributed by atoms with Gasteiger partial charge in [-0.15, -0.1) is 0 Å². The molecule has 3 heteroatoms. The molecule has 0 aliphatic carbocycles. The monoisotopic (exact) mass is 156 g/mol. The van der Waals surface area contributed by atoms with E-state index in [0.717, 1.165) is 19.3 Å². The van der Waals surface area contributed by atoms with E-state index < -0.39 is 0 Å². The topological polar surface area (TPSA) is 52.0 Å². The fraction of sp³-hybridized carbons (Fsp3) is 1.00. The van der Waals surface area contributed by atoms with Gasteiger partial charge in [0, 0.05) is 0 Å². The highest BCUT2D eigenvalue weighted by Crippen LogP contribution is 2.39. The Kier molecular flexibility index (Phi) is 4.77. The van der Waals surface area contributed by atoms with Crippen LogP contribution < -0.4 is 11.3 Å². The molecule has 0 bridgehead atoms. The Bertz CT molecular complexity index is 100. The van der Waals surface area contributed by atoms with Crippen LogP contribution in [0.4, 0.5) is 0 Å². The second-order valence-electron chi connectivity index (χ2n) is 3.35. The Hall–Kier alpha value is -0.0151. The lowest BCUT2D eigenvalue weighted by Crippen LogP contribution is -2.48. The molecule has 0 radical (unpaired) electrons. The van der Waals surface area contributed by atoms with Gasteiger partial charge in [-0.05, 0) is 5.31 Å². The summed E-state index contributed by atoms with van der Waals surface area (Å²) in [5.41, 5.74) is 11.5. The van der Waals surface area contributed by atoms with Gasteiger partial charge in [0.2, 0.25) is 0 Å². The third-order valence-corrected chi connectivity index (χ3v) is 2.86. The van der Waals surface area contributed by atoms with Gasteiger partial charge in [-0.2, -0.15) is 0 Å². The van der Waals surface area contributed by atoms with Gasteiger partial charge in [-0.1, -0.05) is 46.5 Å². The van der Waals surface area contributed by atoms with Crippen molar-refractivity contribution >= 4 is 6.98 Å². The zero-order valence-electron chi connectivity index (χ0n) is 8.06. The second-order valence-corrected chi connectivity index (χ2v) is 3.35. The van der Waals surface area contributed by atoms with Crippen LogP contribution in [0, 0.1) is 0 Å². The van der Waals surface area contributed by atoms with Crippen LogP contribution in [0.2, 0.25) is 5.31 Å². The highest BCUT2D eigenvalue weighted by Gasteiger charge is 2.33. The van der Waals surface area contributed by atoms with Crippen molar-refractivity contribution in [3.8, 4) is 0 Å². The SMILES string of the molecule is CCCC(CC)(CC)B(N)N. The molecule has 0 saturated carbocycles. The van der Waals surface area contributed by atoms with Gasteiger partial charge in [0.1, 0.15) is 0 Å². The molecule has 0 spiro atoms. The molecule has 0 amide bonds. The van der Waals surface area contributed by atoms with Crippen LogP contribution in [-0.2, 0) is 0 Å². The zero-order chi connectivity index (χ0) is 8.91. The molecule has 0 unspecified atom stereocenters. The first-order valence-electron chi connectivity index (χ1n) is 4.64. The van der Waals surface area contributed by atoms with Crippen molar-refractivity contribution in [3.05, 3.63) is 0 Å². The number of hydrogen-bond acceptors (Lipinski definition) is 2. The largest absolute Gasteiger partial charge is 0.356 e. The Morgan fingerprint density at radius 1 is 1.09 bits per heavy atom. The van der Waals surface area contributed by atoms with Crippen molar-refractivity contribution in [3.63, 3.8) is 0 Å². The van der Waals surface area contributed by atoms with E-state index in [1.54, 1.807) is 0 Å². The zero-order valence-corrected chi connectivity index (χ0v) is 8.06. The minimum Gasteiger partial charge on any atom is -0.356 e. The van der Waals surface area contributed by atoms with Crippen LogP contribution in [0.5, 0.6) is 0 Å². The van der Waals surface area contributed by atoms with Crippen molar-refractivity contribution in [1.29, 1.82) is 0 Å². The molecule has 66 valence electrons. The lowest BCUT2D eigenvalue weighted by Gasteiger charge is -2.32. The molecule has 11 heavy (non-hydrogen) atoms. The van der Waals surface area contributed by atoms with Crippen LogP contribution in [0.3, 0.4) is 0 Å². The number of hydrogen-bond donors (Lipinski definition) is 2. The van der Waals surface area contributed by atoms with Gasteiger partial charge in [-0.3, -0.25) is 0 Å². The van der Waals surface area contributed by atoms with Crippen molar-refractivity contribution in [1.82, 2.24) is 0 Å². The van der Waals surface area contributed by atoms with Gasteiger partial charge < -0.3 is 11.3 Å². The normalized spacial score (nSPS) is 11.7. The van der Waals surface area contributed by atoms with Gasteiger partial charge in [0.05, 0.1) is 0 Å². The van der Waals surface area contributed by atoms with E-state index in [4.69, 9.17) is 11.3 Å².